The van der Waals surface area contributed by atoms with Gasteiger partial charge in [-0.15, -0.1) is 0 Å². The molecule has 0 bridgehead atoms. The maximum Gasteiger partial charge on any atom is 0.490 e. The zero-order valence-corrected chi connectivity index (χ0v) is 16.0. The number of rotatable bonds is 5. The fourth-order valence-electron chi connectivity index (χ4n) is 3.74. The summed E-state index contributed by atoms with van der Waals surface area (Å²) in [6, 6.07) is 7.44. The molecule has 0 radical (unpaired) electrons. The van der Waals surface area contributed by atoms with Crippen molar-refractivity contribution in [3.8, 4) is 0 Å². The lowest BCUT2D eigenvalue weighted by Gasteiger charge is -2.39. The summed E-state index contributed by atoms with van der Waals surface area (Å²) in [7, 11) is 1.67. The van der Waals surface area contributed by atoms with Crippen LogP contribution in [0.2, 0.25) is 0 Å². The van der Waals surface area contributed by atoms with Gasteiger partial charge in [-0.25, -0.2) is 9.18 Å². The minimum atomic E-state index is -5.08. The van der Waals surface area contributed by atoms with E-state index in [9.17, 15) is 22.4 Å². The van der Waals surface area contributed by atoms with Crippen LogP contribution in [0.3, 0.4) is 0 Å². The van der Waals surface area contributed by atoms with Gasteiger partial charge in [0.25, 0.3) is 0 Å². The predicted octanol–water partition coefficient (Wildman–Crippen LogP) is 2.67. The lowest BCUT2D eigenvalue weighted by molar-refractivity contribution is -0.192. The standard InChI is InChI=1S/C17H23FN2O2.C2HF3O2/c1-22-11-10-20-16-8-9-19(15(16)6-7-17(20)21)12-13-2-4-14(18)5-3-13;3-2(4,5)1(6)7/h2-5,15-16H,6-12H2,1H3;(H,6,7)/t15-,16-;/m1./s1. The van der Waals surface area contributed by atoms with Gasteiger partial charge in [0.15, 0.2) is 0 Å². The molecule has 3 rings (SSSR count). The van der Waals surface area contributed by atoms with Gasteiger partial charge in [0, 0.05) is 45.2 Å². The number of hydrogen-bond acceptors (Lipinski definition) is 4. The number of piperidine rings is 1. The van der Waals surface area contributed by atoms with Gasteiger partial charge in [-0.2, -0.15) is 13.2 Å². The summed E-state index contributed by atoms with van der Waals surface area (Å²) >= 11 is 0. The molecule has 2 aliphatic heterocycles. The molecule has 2 atom stereocenters. The number of hydrogen-bond donors (Lipinski definition) is 1. The first-order valence-electron chi connectivity index (χ1n) is 9.20. The molecule has 162 valence electrons. The van der Waals surface area contributed by atoms with Crippen LogP contribution in [0, 0.1) is 5.82 Å². The molecule has 1 N–H and O–H groups in total. The van der Waals surface area contributed by atoms with Crippen molar-refractivity contribution in [1.29, 1.82) is 0 Å². The van der Waals surface area contributed by atoms with E-state index in [-0.39, 0.29) is 11.7 Å². The molecular formula is C19H24F4N2O4. The first-order chi connectivity index (χ1) is 13.6. The molecule has 2 heterocycles. The van der Waals surface area contributed by atoms with Gasteiger partial charge < -0.3 is 14.7 Å². The summed E-state index contributed by atoms with van der Waals surface area (Å²) in [4.78, 5) is 25.5. The van der Waals surface area contributed by atoms with E-state index in [1.165, 1.54) is 12.1 Å². The average molecular weight is 420 g/mol. The molecule has 1 amide bonds. The minimum absolute atomic E-state index is 0.197. The molecule has 29 heavy (non-hydrogen) atoms. The van der Waals surface area contributed by atoms with Crippen LogP contribution >= 0.6 is 0 Å². The molecule has 2 fully saturated rings. The van der Waals surface area contributed by atoms with Gasteiger partial charge in [-0.1, -0.05) is 12.1 Å². The highest BCUT2D eigenvalue weighted by Crippen LogP contribution is 2.32. The third kappa shape index (κ3) is 6.40. The number of fused-ring (bicyclic) bond motifs is 1. The zero-order valence-electron chi connectivity index (χ0n) is 16.0. The number of halogens is 4. The van der Waals surface area contributed by atoms with E-state index in [0.717, 1.165) is 31.5 Å². The van der Waals surface area contributed by atoms with E-state index in [1.54, 1.807) is 7.11 Å². The van der Waals surface area contributed by atoms with Crippen LogP contribution in [-0.4, -0.2) is 71.8 Å². The van der Waals surface area contributed by atoms with Crippen molar-refractivity contribution in [1.82, 2.24) is 9.80 Å². The smallest absolute Gasteiger partial charge is 0.475 e. The first kappa shape index (κ1) is 23.1. The fourth-order valence-corrected chi connectivity index (χ4v) is 3.74. The van der Waals surface area contributed by atoms with Gasteiger partial charge in [0.1, 0.15) is 5.82 Å². The number of carboxylic acids is 1. The monoisotopic (exact) mass is 420 g/mol. The maximum atomic E-state index is 13.0. The molecule has 0 saturated carbocycles. The molecule has 1 aromatic rings. The van der Waals surface area contributed by atoms with Gasteiger partial charge in [-0.3, -0.25) is 9.69 Å². The number of ether oxygens (including phenoxy) is 1. The summed E-state index contributed by atoms with van der Waals surface area (Å²) in [5, 5.41) is 7.12. The summed E-state index contributed by atoms with van der Waals surface area (Å²) in [5.74, 6) is -2.70. The minimum Gasteiger partial charge on any atom is -0.475 e. The SMILES string of the molecule is COCCN1C(=O)CC[C@@H]2[C@H]1CCN2Cc1ccc(F)cc1.O=C(O)C(F)(F)F. The molecule has 0 aromatic heterocycles. The lowest BCUT2D eigenvalue weighted by Crippen LogP contribution is -2.52. The van der Waals surface area contributed by atoms with Crippen molar-refractivity contribution < 1.29 is 37.0 Å². The summed E-state index contributed by atoms with van der Waals surface area (Å²) in [6.07, 6.45) is -2.53. The van der Waals surface area contributed by atoms with E-state index in [0.29, 0.717) is 31.7 Å². The molecule has 2 aliphatic rings. The number of carbonyl (C=O) groups is 2. The second-order valence-corrected chi connectivity index (χ2v) is 6.94. The van der Waals surface area contributed by atoms with Gasteiger partial charge in [-0.05, 0) is 30.5 Å². The number of aliphatic carboxylic acids is 1. The number of benzene rings is 1. The number of methoxy groups -OCH3 is 1. The van der Waals surface area contributed by atoms with Crippen molar-refractivity contribution in [3.63, 3.8) is 0 Å². The van der Waals surface area contributed by atoms with Crippen LogP contribution in [0.4, 0.5) is 17.6 Å². The number of carboxylic acid groups (broad SMARTS) is 1. The van der Waals surface area contributed by atoms with Crippen LogP contribution in [0.25, 0.3) is 0 Å². The number of amides is 1. The highest BCUT2D eigenvalue weighted by Gasteiger charge is 2.42. The summed E-state index contributed by atoms with van der Waals surface area (Å²) in [6.45, 7) is 3.09. The number of alkyl halides is 3. The largest absolute Gasteiger partial charge is 0.490 e. The molecule has 0 aliphatic carbocycles. The Kier molecular flexibility index (Phi) is 7.97. The van der Waals surface area contributed by atoms with Crippen molar-refractivity contribution >= 4 is 11.9 Å². The van der Waals surface area contributed by atoms with E-state index >= 15 is 0 Å². The Morgan fingerprint density at radius 1 is 1.21 bits per heavy atom. The Morgan fingerprint density at radius 2 is 1.83 bits per heavy atom. The van der Waals surface area contributed by atoms with Crippen molar-refractivity contribution in [2.45, 2.75) is 44.1 Å². The highest BCUT2D eigenvalue weighted by molar-refractivity contribution is 5.77. The Morgan fingerprint density at radius 3 is 2.38 bits per heavy atom. The molecule has 2 saturated heterocycles. The first-order valence-corrected chi connectivity index (χ1v) is 9.20. The van der Waals surface area contributed by atoms with Crippen molar-refractivity contribution in [2.75, 3.05) is 26.8 Å². The Bertz CT molecular complexity index is 696. The average Bonchev–Trinajstić information content (AvgIpc) is 3.05. The quantitative estimate of drug-likeness (QED) is 0.742. The van der Waals surface area contributed by atoms with Crippen LogP contribution in [0.1, 0.15) is 24.8 Å². The van der Waals surface area contributed by atoms with Crippen LogP contribution < -0.4 is 0 Å². The number of nitrogens with zero attached hydrogens (tertiary/aromatic N) is 2. The Hall–Kier alpha value is -2.20. The second-order valence-electron chi connectivity index (χ2n) is 6.94. The zero-order chi connectivity index (χ0) is 21.6. The molecule has 6 nitrogen and oxygen atoms in total. The summed E-state index contributed by atoms with van der Waals surface area (Å²) < 4.78 is 49.9. The lowest BCUT2D eigenvalue weighted by atomic mass is 9.96. The van der Waals surface area contributed by atoms with E-state index in [4.69, 9.17) is 14.6 Å². The predicted molar refractivity (Wildman–Crippen MR) is 95.5 cm³/mol. The van der Waals surface area contributed by atoms with Gasteiger partial charge >= 0.3 is 12.1 Å². The van der Waals surface area contributed by atoms with Gasteiger partial charge in [0.05, 0.1) is 6.61 Å². The number of likely N-dealkylation sites (tertiary alicyclic amines) is 2. The van der Waals surface area contributed by atoms with E-state index in [2.05, 4.69) is 4.90 Å². The van der Waals surface area contributed by atoms with Crippen molar-refractivity contribution in [3.05, 3.63) is 35.6 Å². The molecule has 0 unspecified atom stereocenters. The molecule has 0 spiro atoms. The third-order valence-corrected chi connectivity index (χ3v) is 5.08. The maximum absolute atomic E-state index is 13.0. The Labute approximate surface area is 166 Å². The topological polar surface area (TPSA) is 70.1 Å². The second kappa shape index (κ2) is 10.0. The normalized spacial score (nSPS) is 22.1. The fraction of sp³-hybridized carbons (Fsp3) is 0.579. The molecule has 1 aromatic carbocycles. The van der Waals surface area contributed by atoms with Crippen LogP contribution in [0.5, 0.6) is 0 Å². The van der Waals surface area contributed by atoms with Gasteiger partial charge in [0.2, 0.25) is 5.91 Å². The molecule has 10 heteroatoms. The Balaban J connectivity index is 0.000000370. The van der Waals surface area contributed by atoms with Crippen LogP contribution in [-0.2, 0) is 20.9 Å². The highest BCUT2D eigenvalue weighted by atomic mass is 19.4. The van der Waals surface area contributed by atoms with E-state index < -0.39 is 12.1 Å². The summed E-state index contributed by atoms with van der Waals surface area (Å²) in [5.41, 5.74) is 1.13. The van der Waals surface area contributed by atoms with Crippen LogP contribution in [0.15, 0.2) is 24.3 Å². The third-order valence-electron chi connectivity index (χ3n) is 5.08. The molecular weight excluding hydrogens is 396 g/mol. The van der Waals surface area contributed by atoms with E-state index in [1.807, 2.05) is 17.0 Å². The number of carbonyl (C=O) groups excluding carboxylic acids is 1. The van der Waals surface area contributed by atoms with Crippen molar-refractivity contribution in [2.24, 2.45) is 0 Å².